The molecule has 1 atom stereocenters. The van der Waals surface area contributed by atoms with Gasteiger partial charge in [0.05, 0.1) is 17.7 Å². The first kappa shape index (κ1) is 21.3. The lowest BCUT2D eigenvalue weighted by Gasteiger charge is -2.40. The topological polar surface area (TPSA) is 107 Å². The van der Waals surface area contributed by atoms with Gasteiger partial charge >= 0.3 is 18.2 Å². The molecule has 1 aromatic rings. The van der Waals surface area contributed by atoms with E-state index in [9.17, 15) is 33.1 Å². The van der Waals surface area contributed by atoms with Gasteiger partial charge in [0.2, 0.25) is 0 Å². The Bertz CT molecular complexity index is 814. The summed E-state index contributed by atoms with van der Waals surface area (Å²) in [5.41, 5.74) is -2.27. The average molecular weight is 400 g/mol. The van der Waals surface area contributed by atoms with E-state index in [1.165, 1.54) is 9.80 Å². The van der Waals surface area contributed by atoms with Crippen molar-refractivity contribution in [3.8, 4) is 6.07 Å². The molecule has 11 heteroatoms. The zero-order chi connectivity index (χ0) is 21.3. The molecule has 28 heavy (non-hydrogen) atoms. The van der Waals surface area contributed by atoms with Crippen LogP contribution in [0.5, 0.6) is 0 Å². The summed E-state index contributed by atoms with van der Waals surface area (Å²) >= 11 is 0. The molecule has 1 amide bonds. The third-order valence-corrected chi connectivity index (χ3v) is 3.90. The number of hydrogen-bond acceptors (Lipinski definition) is 6. The van der Waals surface area contributed by atoms with Crippen LogP contribution >= 0.6 is 0 Å². The minimum absolute atomic E-state index is 0.0384. The van der Waals surface area contributed by atoms with Crippen LogP contribution in [-0.4, -0.2) is 58.3 Å². The number of anilines is 1. The molecule has 2 rings (SSSR count). The third kappa shape index (κ3) is 4.82. The van der Waals surface area contributed by atoms with Gasteiger partial charge in [-0.25, -0.2) is 14.6 Å². The molecule has 1 aromatic heterocycles. The van der Waals surface area contributed by atoms with E-state index >= 15 is 0 Å². The Morgan fingerprint density at radius 3 is 2.46 bits per heavy atom. The first-order chi connectivity index (χ1) is 12.8. The molecule has 0 saturated carbocycles. The molecule has 8 nitrogen and oxygen atoms in total. The average Bonchev–Trinajstić information content (AvgIpc) is 2.58. The highest BCUT2D eigenvalue weighted by Gasteiger charge is 2.38. The molecule has 2 heterocycles. The predicted octanol–water partition coefficient (Wildman–Crippen LogP) is 2.48. The number of pyridine rings is 1. The number of nitriles is 1. The van der Waals surface area contributed by atoms with E-state index in [2.05, 4.69) is 4.98 Å². The van der Waals surface area contributed by atoms with E-state index < -0.39 is 41.0 Å². The molecule has 0 aromatic carbocycles. The summed E-state index contributed by atoms with van der Waals surface area (Å²) in [6.07, 6.45) is -4.83. The Morgan fingerprint density at radius 2 is 1.96 bits per heavy atom. The van der Waals surface area contributed by atoms with Gasteiger partial charge in [0, 0.05) is 19.3 Å². The Balaban J connectivity index is 2.31. The van der Waals surface area contributed by atoms with E-state index in [0.717, 1.165) is 0 Å². The number of amides is 1. The normalized spacial score (nSPS) is 17.8. The van der Waals surface area contributed by atoms with Crippen molar-refractivity contribution < 1.29 is 32.6 Å². The largest absolute Gasteiger partial charge is 0.480 e. The minimum Gasteiger partial charge on any atom is -0.480 e. The van der Waals surface area contributed by atoms with Gasteiger partial charge in [0.15, 0.2) is 0 Å². The maximum atomic E-state index is 12.8. The second kappa shape index (κ2) is 7.53. The van der Waals surface area contributed by atoms with Crippen molar-refractivity contribution in [1.82, 2.24) is 9.88 Å². The summed E-state index contributed by atoms with van der Waals surface area (Å²) in [7, 11) is 0. The van der Waals surface area contributed by atoms with Crippen molar-refractivity contribution in [2.45, 2.75) is 38.6 Å². The van der Waals surface area contributed by atoms with Crippen molar-refractivity contribution >= 4 is 17.9 Å². The number of rotatable bonds is 2. The summed E-state index contributed by atoms with van der Waals surface area (Å²) in [5, 5.41) is 18.8. The Labute approximate surface area is 159 Å². The van der Waals surface area contributed by atoms with Crippen LogP contribution in [0.2, 0.25) is 0 Å². The highest BCUT2D eigenvalue weighted by atomic mass is 19.4. The molecule has 0 radical (unpaired) electrons. The number of aromatic nitrogens is 1. The Kier molecular flexibility index (Phi) is 5.72. The number of alkyl halides is 3. The summed E-state index contributed by atoms with van der Waals surface area (Å²) < 4.78 is 43.8. The van der Waals surface area contributed by atoms with Crippen LogP contribution in [0.3, 0.4) is 0 Å². The third-order valence-electron chi connectivity index (χ3n) is 3.90. The van der Waals surface area contributed by atoms with E-state index in [-0.39, 0.29) is 25.5 Å². The van der Waals surface area contributed by atoms with Gasteiger partial charge < -0.3 is 19.6 Å². The van der Waals surface area contributed by atoms with E-state index in [4.69, 9.17) is 4.74 Å². The number of carbonyl (C=O) groups excluding carboxylic acids is 1. The molecule has 0 bridgehead atoms. The molecule has 1 fully saturated rings. The maximum Gasteiger partial charge on any atom is 0.417 e. The molecule has 0 spiro atoms. The fourth-order valence-corrected chi connectivity index (χ4v) is 2.66. The predicted molar refractivity (Wildman–Crippen MR) is 90.5 cm³/mol. The first-order valence-electron chi connectivity index (χ1n) is 8.28. The first-order valence-corrected chi connectivity index (χ1v) is 8.28. The van der Waals surface area contributed by atoms with Gasteiger partial charge in [-0.15, -0.1) is 0 Å². The summed E-state index contributed by atoms with van der Waals surface area (Å²) in [6, 6.07) is 0.960. The van der Waals surface area contributed by atoms with Crippen molar-refractivity contribution in [3.63, 3.8) is 0 Å². The van der Waals surface area contributed by atoms with E-state index in [1.54, 1.807) is 26.8 Å². The van der Waals surface area contributed by atoms with Gasteiger partial charge in [0.25, 0.3) is 0 Å². The Hall–Kier alpha value is -3.03. The summed E-state index contributed by atoms with van der Waals surface area (Å²) in [6.45, 7) is 4.76. The van der Waals surface area contributed by atoms with Crippen molar-refractivity contribution in [2.75, 3.05) is 24.5 Å². The molecule has 0 unspecified atom stereocenters. The van der Waals surface area contributed by atoms with Crippen LogP contribution in [-0.2, 0) is 15.7 Å². The molecular weight excluding hydrogens is 381 g/mol. The van der Waals surface area contributed by atoms with Crippen molar-refractivity contribution in [3.05, 3.63) is 23.4 Å². The van der Waals surface area contributed by atoms with E-state index in [1.807, 2.05) is 0 Å². The van der Waals surface area contributed by atoms with Gasteiger partial charge in [-0.2, -0.15) is 18.4 Å². The number of carboxylic acid groups (broad SMARTS) is 1. The molecule has 1 N–H and O–H groups in total. The number of carboxylic acids is 1. The quantitative estimate of drug-likeness (QED) is 0.813. The molecule has 0 aliphatic carbocycles. The smallest absolute Gasteiger partial charge is 0.417 e. The van der Waals surface area contributed by atoms with Crippen molar-refractivity contribution in [1.29, 1.82) is 5.26 Å². The van der Waals surface area contributed by atoms with Crippen LogP contribution in [0.25, 0.3) is 0 Å². The highest BCUT2D eigenvalue weighted by molar-refractivity contribution is 5.81. The maximum absolute atomic E-state index is 12.8. The van der Waals surface area contributed by atoms with Gasteiger partial charge in [-0.3, -0.25) is 0 Å². The lowest BCUT2D eigenvalue weighted by Crippen LogP contribution is -2.59. The zero-order valence-corrected chi connectivity index (χ0v) is 15.4. The molecule has 152 valence electrons. The number of halogens is 3. The number of ether oxygens (including phenoxy) is 1. The number of piperazine rings is 1. The molecular formula is C17H19F3N4O4. The monoisotopic (exact) mass is 400 g/mol. The van der Waals surface area contributed by atoms with Crippen LogP contribution in [0.1, 0.15) is 31.9 Å². The molecule has 1 saturated heterocycles. The summed E-state index contributed by atoms with van der Waals surface area (Å²) in [5.74, 6) is -1.48. The van der Waals surface area contributed by atoms with Gasteiger partial charge in [-0.1, -0.05) is 0 Å². The number of carbonyl (C=O) groups is 2. The van der Waals surface area contributed by atoms with Crippen LogP contribution in [0, 0.1) is 11.3 Å². The molecule has 1 aliphatic rings. The number of aliphatic carboxylic acids is 1. The van der Waals surface area contributed by atoms with Gasteiger partial charge in [-0.05, 0) is 26.8 Å². The SMILES string of the molecule is CC(C)(C)OC(=O)N1CCN(c2ncc(C(F)(F)F)cc2C#N)[C@@H](C(=O)O)C1. The second-order valence-electron chi connectivity index (χ2n) is 7.18. The summed E-state index contributed by atoms with van der Waals surface area (Å²) in [4.78, 5) is 30.0. The fourth-order valence-electron chi connectivity index (χ4n) is 2.66. The lowest BCUT2D eigenvalue weighted by atomic mass is 10.1. The lowest BCUT2D eigenvalue weighted by molar-refractivity contribution is -0.140. The fraction of sp³-hybridized carbons (Fsp3) is 0.529. The van der Waals surface area contributed by atoms with Crippen LogP contribution in [0.15, 0.2) is 12.3 Å². The molecule has 1 aliphatic heterocycles. The van der Waals surface area contributed by atoms with Crippen molar-refractivity contribution in [2.24, 2.45) is 0 Å². The zero-order valence-electron chi connectivity index (χ0n) is 15.4. The second-order valence-corrected chi connectivity index (χ2v) is 7.18. The number of hydrogen-bond donors (Lipinski definition) is 1. The standard InChI is InChI=1S/C17H19F3N4O4/c1-16(2,3)28-15(27)23-4-5-24(12(9-23)14(25)26)13-10(7-21)6-11(8-22-13)17(18,19)20/h6,8,12H,4-5,9H2,1-3H3,(H,25,26)/t12-/m1/s1. The number of nitrogens with zero attached hydrogens (tertiary/aromatic N) is 4. The van der Waals surface area contributed by atoms with Crippen LogP contribution < -0.4 is 4.90 Å². The van der Waals surface area contributed by atoms with Crippen LogP contribution in [0.4, 0.5) is 23.8 Å². The van der Waals surface area contributed by atoms with E-state index in [0.29, 0.717) is 12.3 Å². The Morgan fingerprint density at radius 1 is 1.32 bits per heavy atom. The highest BCUT2D eigenvalue weighted by Crippen LogP contribution is 2.32. The minimum atomic E-state index is -4.68. The van der Waals surface area contributed by atoms with Gasteiger partial charge in [0.1, 0.15) is 23.5 Å².